The molecule has 1 aromatic carbocycles. The number of Topliss-reactive ketones (excluding diaryl/α,β-unsaturated/α-hetero) is 1. The molecule has 19 heavy (non-hydrogen) atoms. The zero-order valence-corrected chi connectivity index (χ0v) is 11.2. The molecule has 0 aliphatic carbocycles. The van der Waals surface area contributed by atoms with Gasteiger partial charge in [-0.25, -0.2) is 0 Å². The lowest BCUT2D eigenvalue weighted by molar-refractivity contribution is -0.142. The third-order valence-electron chi connectivity index (χ3n) is 2.71. The molecule has 0 bridgehead atoms. The minimum Gasteiger partial charge on any atom is -0.469 e. The van der Waals surface area contributed by atoms with Crippen LogP contribution in [-0.4, -0.2) is 30.8 Å². The van der Waals surface area contributed by atoms with E-state index >= 15 is 0 Å². The fraction of sp³-hybridized carbons (Fsp3) is 0.357. The predicted molar refractivity (Wildman–Crippen MR) is 69.7 cm³/mol. The first-order valence-electron chi connectivity index (χ1n) is 5.89. The van der Waals surface area contributed by atoms with E-state index in [0.717, 1.165) is 5.56 Å². The van der Waals surface area contributed by atoms with Crippen molar-refractivity contribution in [3.05, 3.63) is 35.4 Å². The van der Waals surface area contributed by atoms with E-state index in [4.69, 9.17) is 0 Å². The SMILES string of the molecule is COC(=O)C[C@@H](NC(=O)c1ccc(C)cc1)C(C)=O. The van der Waals surface area contributed by atoms with Crippen LogP contribution in [0.4, 0.5) is 0 Å². The summed E-state index contributed by atoms with van der Waals surface area (Å²) >= 11 is 0. The summed E-state index contributed by atoms with van der Waals surface area (Å²) in [4.78, 5) is 34.5. The minimum absolute atomic E-state index is 0.163. The molecule has 1 N–H and O–H groups in total. The molecule has 1 amide bonds. The predicted octanol–water partition coefficient (Wildman–Crippen LogP) is 1.25. The molecule has 5 heteroatoms. The molecule has 0 fully saturated rings. The fourth-order valence-corrected chi connectivity index (χ4v) is 1.49. The average molecular weight is 263 g/mol. The third kappa shape index (κ3) is 4.54. The minimum atomic E-state index is -0.860. The Hall–Kier alpha value is -2.17. The van der Waals surface area contributed by atoms with E-state index < -0.39 is 12.0 Å². The van der Waals surface area contributed by atoms with Crippen molar-refractivity contribution in [1.82, 2.24) is 5.32 Å². The quantitative estimate of drug-likeness (QED) is 0.811. The number of benzene rings is 1. The van der Waals surface area contributed by atoms with Crippen molar-refractivity contribution in [2.24, 2.45) is 0 Å². The van der Waals surface area contributed by atoms with Crippen molar-refractivity contribution in [2.75, 3.05) is 7.11 Å². The van der Waals surface area contributed by atoms with Gasteiger partial charge >= 0.3 is 5.97 Å². The summed E-state index contributed by atoms with van der Waals surface area (Å²) in [5.74, 6) is -1.21. The van der Waals surface area contributed by atoms with Crippen LogP contribution in [-0.2, 0) is 14.3 Å². The van der Waals surface area contributed by atoms with Gasteiger partial charge in [-0.2, -0.15) is 0 Å². The lowest BCUT2D eigenvalue weighted by Gasteiger charge is -2.14. The second-order valence-electron chi connectivity index (χ2n) is 4.28. The van der Waals surface area contributed by atoms with E-state index in [1.165, 1.54) is 14.0 Å². The summed E-state index contributed by atoms with van der Waals surface area (Å²) in [6.07, 6.45) is -0.163. The van der Waals surface area contributed by atoms with Crippen LogP contribution in [0.3, 0.4) is 0 Å². The van der Waals surface area contributed by atoms with Crippen LogP contribution in [0.2, 0.25) is 0 Å². The van der Waals surface area contributed by atoms with Crippen LogP contribution in [0, 0.1) is 6.92 Å². The number of amides is 1. The molecule has 0 heterocycles. The number of hydrogen-bond donors (Lipinski definition) is 1. The first-order chi connectivity index (χ1) is 8.93. The van der Waals surface area contributed by atoms with Gasteiger partial charge in [0, 0.05) is 5.56 Å². The molecular weight excluding hydrogens is 246 g/mol. The molecule has 0 aliphatic heterocycles. The van der Waals surface area contributed by atoms with Gasteiger partial charge in [0.05, 0.1) is 19.6 Å². The maximum absolute atomic E-state index is 11.9. The van der Waals surface area contributed by atoms with Gasteiger partial charge in [-0.15, -0.1) is 0 Å². The number of carbonyl (C=O) groups is 3. The van der Waals surface area contributed by atoms with Crippen LogP contribution < -0.4 is 5.32 Å². The van der Waals surface area contributed by atoms with E-state index in [-0.39, 0.29) is 18.1 Å². The zero-order chi connectivity index (χ0) is 14.4. The van der Waals surface area contributed by atoms with E-state index in [0.29, 0.717) is 5.56 Å². The highest BCUT2D eigenvalue weighted by Crippen LogP contribution is 2.05. The topological polar surface area (TPSA) is 72.5 Å². The van der Waals surface area contributed by atoms with Crippen molar-refractivity contribution < 1.29 is 19.1 Å². The number of aryl methyl sites for hydroxylation is 1. The lowest BCUT2D eigenvalue weighted by Crippen LogP contribution is -2.41. The molecule has 102 valence electrons. The first kappa shape index (κ1) is 14.9. The Labute approximate surface area is 111 Å². The summed E-state index contributed by atoms with van der Waals surface area (Å²) in [6.45, 7) is 3.24. The molecule has 0 aromatic heterocycles. The number of ether oxygens (including phenoxy) is 1. The van der Waals surface area contributed by atoms with Gasteiger partial charge in [0.25, 0.3) is 5.91 Å². The van der Waals surface area contributed by atoms with Gasteiger partial charge in [0.2, 0.25) is 0 Å². The van der Waals surface area contributed by atoms with Crippen LogP contribution in [0.15, 0.2) is 24.3 Å². The molecule has 0 saturated heterocycles. The largest absolute Gasteiger partial charge is 0.469 e. The Morgan fingerprint density at radius 3 is 2.26 bits per heavy atom. The van der Waals surface area contributed by atoms with Gasteiger partial charge in [-0.1, -0.05) is 17.7 Å². The number of hydrogen-bond acceptors (Lipinski definition) is 4. The molecule has 0 spiro atoms. The number of rotatable bonds is 5. The molecule has 0 saturated carbocycles. The Bertz CT molecular complexity index is 479. The average Bonchev–Trinajstić information content (AvgIpc) is 2.38. The van der Waals surface area contributed by atoms with Crippen molar-refractivity contribution >= 4 is 17.7 Å². The first-order valence-corrected chi connectivity index (χ1v) is 5.89. The van der Waals surface area contributed by atoms with E-state index in [1.807, 2.05) is 6.92 Å². The molecule has 0 unspecified atom stereocenters. The van der Waals surface area contributed by atoms with Crippen molar-refractivity contribution in [2.45, 2.75) is 26.3 Å². The third-order valence-corrected chi connectivity index (χ3v) is 2.71. The standard InChI is InChI=1S/C14H17NO4/c1-9-4-6-11(7-5-9)14(18)15-12(10(2)16)8-13(17)19-3/h4-7,12H,8H2,1-3H3,(H,15,18)/t12-/m1/s1. The highest BCUT2D eigenvalue weighted by molar-refractivity contribution is 5.98. The molecule has 1 rings (SSSR count). The Kier molecular flexibility index (Phi) is 5.23. The number of esters is 1. The number of carbonyl (C=O) groups excluding carboxylic acids is 3. The molecule has 1 atom stereocenters. The normalized spacial score (nSPS) is 11.5. The Morgan fingerprint density at radius 2 is 1.79 bits per heavy atom. The highest BCUT2D eigenvalue weighted by Gasteiger charge is 2.21. The summed E-state index contributed by atoms with van der Waals surface area (Å²) < 4.78 is 4.49. The molecular formula is C14H17NO4. The van der Waals surface area contributed by atoms with Gasteiger partial charge in [0.1, 0.15) is 0 Å². The lowest BCUT2D eigenvalue weighted by atomic mass is 10.1. The van der Waals surface area contributed by atoms with E-state index in [2.05, 4.69) is 10.1 Å². The fourth-order valence-electron chi connectivity index (χ4n) is 1.49. The molecule has 1 aromatic rings. The summed E-state index contributed by atoms with van der Waals surface area (Å²) in [5.41, 5.74) is 1.48. The van der Waals surface area contributed by atoms with Crippen LogP contribution in [0.5, 0.6) is 0 Å². The summed E-state index contributed by atoms with van der Waals surface area (Å²) in [5, 5.41) is 2.53. The van der Waals surface area contributed by atoms with Crippen LogP contribution in [0.25, 0.3) is 0 Å². The van der Waals surface area contributed by atoms with E-state index in [1.54, 1.807) is 24.3 Å². The maximum Gasteiger partial charge on any atom is 0.308 e. The van der Waals surface area contributed by atoms with E-state index in [9.17, 15) is 14.4 Å². The second-order valence-corrected chi connectivity index (χ2v) is 4.28. The summed E-state index contributed by atoms with van der Waals surface area (Å²) in [6, 6.07) is 6.08. The van der Waals surface area contributed by atoms with Gasteiger partial charge in [-0.3, -0.25) is 14.4 Å². The molecule has 5 nitrogen and oxygen atoms in total. The zero-order valence-electron chi connectivity index (χ0n) is 11.2. The van der Waals surface area contributed by atoms with Gasteiger partial charge in [-0.05, 0) is 26.0 Å². The van der Waals surface area contributed by atoms with Crippen molar-refractivity contribution in [1.29, 1.82) is 0 Å². The number of methoxy groups -OCH3 is 1. The molecule has 0 aliphatic rings. The maximum atomic E-state index is 11.9. The van der Waals surface area contributed by atoms with Crippen LogP contribution in [0.1, 0.15) is 29.3 Å². The number of nitrogens with one attached hydrogen (secondary N) is 1. The summed E-state index contributed by atoms with van der Waals surface area (Å²) in [7, 11) is 1.24. The monoisotopic (exact) mass is 263 g/mol. The van der Waals surface area contributed by atoms with Crippen molar-refractivity contribution in [3.63, 3.8) is 0 Å². The van der Waals surface area contributed by atoms with Gasteiger partial charge in [0.15, 0.2) is 5.78 Å². The van der Waals surface area contributed by atoms with Crippen LogP contribution >= 0.6 is 0 Å². The van der Waals surface area contributed by atoms with Gasteiger partial charge < -0.3 is 10.1 Å². The number of ketones is 1. The second kappa shape index (κ2) is 6.68. The molecule has 0 radical (unpaired) electrons. The van der Waals surface area contributed by atoms with Crippen molar-refractivity contribution in [3.8, 4) is 0 Å². The highest BCUT2D eigenvalue weighted by atomic mass is 16.5. The Morgan fingerprint density at radius 1 is 1.21 bits per heavy atom. The smallest absolute Gasteiger partial charge is 0.308 e. The Balaban J connectivity index is 2.73.